The van der Waals surface area contributed by atoms with Crippen molar-refractivity contribution in [3.63, 3.8) is 0 Å². The Balaban J connectivity index is 1.63. The highest BCUT2D eigenvalue weighted by Crippen LogP contribution is 2.16. The zero-order chi connectivity index (χ0) is 22.2. The first kappa shape index (κ1) is 22.4. The molecule has 3 aromatic rings. The van der Waals surface area contributed by atoms with Crippen molar-refractivity contribution in [2.45, 2.75) is 26.6 Å². The second kappa shape index (κ2) is 10.6. The minimum atomic E-state index is -0.352. The molecule has 31 heavy (non-hydrogen) atoms. The van der Waals surface area contributed by atoms with Crippen LogP contribution in [0.2, 0.25) is 0 Å². The SMILES string of the molecule is CCNC(=O)N(Cc1ccc(F)cc1)Cc1nc(C(=O)NCc2ccc(F)cc2)cs1. The van der Waals surface area contributed by atoms with Crippen LogP contribution in [0.4, 0.5) is 13.6 Å². The van der Waals surface area contributed by atoms with E-state index < -0.39 is 0 Å². The van der Waals surface area contributed by atoms with E-state index >= 15 is 0 Å². The van der Waals surface area contributed by atoms with Crippen LogP contribution in [0, 0.1) is 11.6 Å². The zero-order valence-corrected chi connectivity index (χ0v) is 17.7. The first-order valence-corrected chi connectivity index (χ1v) is 10.6. The van der Waals surface area contributed by atoms with Gasteiger partial charge in [-0.1, -0.05) is 24.3 Å². The van der Waals surface area contributed by atoms with Crippen molar-refractivity contribution >= 4 is 23.3 Å². The molecule has 0 saturated carbocycles. The number of rotatable bonds is 8. The van der Waals surface area contributed by atoms with Gasteiger partial charge in [-0.2, -0.15) is 0 Å². The van der Waals surface area contributed by atoms with Gasteiger partial charge in [0, 0.05) is 25.0 Å². The number of carbonyl (C=O) groups excluding carboxylic acids is 2. The Bertz CT molecular complexity index is 1020. The molecule has 1 aromatic heterocycles. The third-order valence-electron chi connectivity index (χ3n) is 4.38. The van der Waals surface area contributed by atoms with Crippen LogP contribution in [0.15, 0.2) is 53.9 Å². The van der Waals surface area contributed by atoms with E-state index in [1.54, 1.807) is 34.5 Å². The monoisotopic (exact) mass is 444 g/mol. The Hall–Kier alpha value is -3.33. The highest BCUT2D eigenvalue weighted by atomic mass is 32.1. The topological polar surface area (TPSA) is 74.3 Å². The summed E-state index contributed by atoms with van der Waals surface area (Å²) in [6.07, 6.45) is 0. The number of hydrogen-bond donors (Lipinski definition) is 2. The van der Waals surface area contributed by atoms with Gasteiger partial charge in [-0.05, 0) is 42.3 Å². The van der Waals surface area contributed by atoms with E-state index in [0.717, 1.165) is 11.1 Å². The highest BCUT2D eigenvalue weighted by molar-refractivity contribution is 7.09. The van der Waals surface area contributed by atoms with Crippen molar-refractivity contribution < 1.29 is 18.4 Å². The van der Waals surface area contributed by atoms with Crippen molar-refractivity contribution in [1.82, 2.24) is 20.5 Å². The Morgan fingerprint density at radius 3 is 2.16 bits per heavy atom. The number of nitrogens with one attached hydrogen (secondary N) is 2. The average Bonchev–Trinajstić information content (AvgIpc) is 3.23. The van der Waals surface area contributed by atoms with E-state index in [9.17, 15) is 18.4 Å². The molecule has 3 rings (SSSR count). The van der Waals surface area contributed by atoms with Crippen LogP contribution < -0.4 is 10.6 Å². The number of hydrogen-bond acceptors (Lipinski definition) is 4. The van der Waals surface area contributed by atoms with Crippen LogP contribution in [0.5, 0.6) is 0 Å². The van der Waals surface area contributed by atoms with Crippen molar-refractivity contribution in [3.8, 4) is 0 Å². The number of urea groups is 1. The van der Waals surface area contributed by atoms with Crippen molar-refractivity contribution in [2.75, 3.05) is 6.54 Å². The van der Waals surface area contributed by atoms with Crippen LogP contribution in [0.25, 0.3) is 0 Å². The number of aromatic nitrogens is 1. The predicted octanol–water partition coefficient (Wildman–Crippen LogP) is 4.08. The summed E-state index contributed by atoms with van der Waals surface area (Å²) in [6, 6.07) is 11.5. The standard InChI is InChI=1S/C22H22F2N4O2S/c1-2-25-22(30)28(12-16-5-9-18(24)10-6-16)13-20-27-19(14-31-20)21(29)26-11-15-3-7-17(23)8-4-15/h3-10,14H,2,11-13H2,1H3,(H,25,30)(H,26,29). The summed E-state index contributed by atoms with van der Waals surface area (Å²) in [4.78, 5) is 30.7. The van der Waals surface area contributed by atoms with Crippen LogP contribution in [-0.4, -0.2) is 28.4 Å². The number of carbonyl (C=O) groups is 2. The molecule has 2 N–H and O–H groups in total. The fraction of sp³-hybridized carbons (Fsp3) is 0.227. The van der Waals surface area contributed by atoms with Gasteiger partial charge in [0.2, 0.25) is 0 Å². The van der Waals surface area contributed by atoms with Crippen LogP contribution >= 0.6 is 11.3 Å². The fourth-order valence-corrected chi connectivity index (χ4v) is 3.59. The lowest BCUT2D eigenvalue weighted by molar-refractivity contribution is 0.0946. The van der Waals surface area contributed by atoms with E-state index in [2.05, 4.69) is 15.6 Å². The van der Waals surface area contributed by atoms with Crippen LogP contribution in [0.3, 0.4) is 0 Å². The Labute approximate surface area is 182 Å². The maximum atomic E-state index is 13.2. The summed E-state index contributed by atoms with van der Waals surface area (Å²) in [7, 11) is 0. The van der Waals surface area contributed by atoms with E-state index in [1.807, 2.05) is 6.92 Å². The molecule has 2 aromatic carbocycles. The molecule has 1 heterocycles. The smallest absolute Gasteiger partial charge is 0.318 e. The first-order valence-electron chi connectivity index (χ1n) is 9.69. The summed E-state index contributed by atoms with van der Waals surface area (Å²) in [5.41, 5.74) is 1.80. The molecule has 3 amide bonds. The molecule has 0 aliphatic rings. The molecule has 0 radical (unpaired) electrons. The Morgan fingerprint density at radius 2 is 1.55 bits per heavy atom. The summed E-state index contributed by atoms with van der Waals surface area (Å²) in [5, 5.41) is 7.72. The maximum Gasteiger partial charge on any atom is 0.318 e. The van der Waals surface area contributed by atoms with E-state index in [4.69, 9.17) is 0 Å². The minimum Gasteiger partial charge on any atom is -0.347 e. The van der Waals surface area contributed by atoms with Gasteiger partial charge < -0.3 is 15.5 Å². The van der Waals surface area contributed by atoms with Crippen molar-refractivity contribution in [1.29, 1.82) is 0 Å². The second-order valence-electron chi connectivity index (χ2n) is 6.75. The Kier molecular flexibility index (Phi) is 7.66. The Morgan fingerprint density at radius 1 is 0.935 bits per heavy atom. The third kappa shape index (κ3) is 6.58. The quantitative estimate of drug-likeness (QED) is 0.550. The normalized spacial score (nSPS) is 10.5. The number of thiazole rings is 1. The zero-order valence-electron chi connectivity index (χ0n) is 16.9. The molecule has 0 aliphatic carbocycles. The second-order valence-corrected chi connectivity index (χ2v) is 7.70. The minimum absolute atomic E-state index is 0.207. The van der Waals surface area contributed by atoms with Gasteiger partial charge in [-0.25, -0.2) is 18.6 Å². The molecule has 0 aliphatic heterocycles. The summed E-state index contributed by atoms with van der Waals surface area (Å²) >= 11 is 1.28. The molecule has 0 fully saturated rings. The molecular formula is C22H22F2N4O2S. The average molecular weight is 445 g/mol. The van der Waals surface area contributed by atoms with E-state index in [-0.39, 0.29) is 48.9 Å². The van der Waals surface area contributed by atoms with Crippen LogP contribution in [-0.2, 0) is 19.6 Å². The molecular weight excluding hydrogens is 422 g/mol. The van der Waals surface area contributed by atoms with Gasteiger partial charge in [0.1, 0.15) is 22.3 Å². The molecule has 0 bridgehead atoms. The van der Waals surface area contributed by atoms with Crippen molar-refractivity contribution in [3.05, 3.63) is 87.4 Å². The van der Waals surface area contributed by atoms with Gasteiger partial charge in [0.15, 0.2) is 0 Å². The number of nitrogens with zero attached hydrogens (tertiary/aromatic N) is 2. The van der Waals surface area contributed by atoms with Gasteiger partial charge >= 0.3 is 6.03 Å². The van der Waals surface area contributed by atoms with Gasteiger partial charge in [0.05, 0.1) is 6.54 Å². The maximum absolute atomic E-state index is 13.2. The number of halogens is 2. The van der Waals surface area contributed by atoms with E-state index in [0.29, 0.717) is 11.6 Å². The third-order valence-corrected chi connectivity index (χ3v) is 5.21. The molecule has 0 spiro atoms. The van der Waals surface area contributed by atoms with Gasteiger partial charge in [0.25, 0.3) is 5.91 Å². The fourth-order valence-electron chi connectivity index (χ4n) is 2.80. The molecule has 6 nitrogen and oxygen atoms in total. The summed E-state index contributed by atoms with van der Waals surface area (Å²) in [6.45, 7) is 3.02. The first-order chi connectivity index (χ1) is 14.9. The molecule has 0 saturated heterocycles. The number of amides is 3. The molecule has 0 unspecified atom stereocenters. The number of benzene rings is 2. The van der Waals surface area contributed by atoms with E-state index in [1.165, 1.54) is 35.6 Å². The lowest BCUT2D eigenvalue weighted by atomic mass is 10.2. The lowest BCUT2D eigenvalue weighted by Gasteiger charge is -2.22. The summed E-state index contributed by atoms with van der Waals surface area (Å²) in [5.74, 6) is -1.03. The lowest BCUT2D eigenvalue weighted by Crippen LogP contribution is -2.39. The summed E-state index contributed by atoms with van der Waals surface area (Å²) < 4.78 is 26.1. The molecule has 0 atom stereocenters. The van der Waals surface area contributed by atoms with Gasteiger partial charge in [-0.3, -0.25) is 4.79 Å². The van der Waals surface area contributed by atoms with Crippen molar-refractivity contribution in [2.24, 2.45) is 0 Å². The predicted molar refractivity (Wildman–Crippen MR) is 114 cm³/mol. The largest absolute Gasteiger partial charge is 0.347 e. The van der Waals surface area contributed by atoms with Gasteiger partial charge in [-0.15, -0.1) is 11.3 Å². The van der Waals surface area contributed by atoms with Crippen LogP contribution in [0.1, 0.15) is 33.5 Å². The molecule has 9 heteroatoms. The molecule has 162 valence electrons. The highest BCUT2D eigenvalue weighted by Gasteiger charge is 2.17.